The Labute approximate surface area is 134 Å². The van der Waals surface area contributed by atoms with Gasteiger partial charge in [0.2, 0.25) is 0 Å². The normalized spacial score (nSPS) is 20.7. The number of carbonyl (C=O) groups is 2. The van der Waals surface area contributed by atoms with E-state index in [-0.39, 0.29) is 12.5 Å². The molecule has 1 fully saturated rings. The zero-order chi connectivity index (χ0) is 16.6. The van der Waals surface area contributed by atoms with E-state index in [4.69, 9.17) is 0 Å². The molecule has 1 aliphatic rings. The van der Waals surface area contributed by atoms with E-state index in [1.807, 2.05) is 30.3 Å². The summed E-state index contributed by atoms with van der Waals surface area (Å²) < 4.78 is 1.68. The predicted molar refractivity (Wildman–Crippen MR) is 84.6 cm³/mol. The standard InChI is InChI=1S/C17H19N3O3/c1-12-14(10-20(18-12)13-6-4-3-5-7-13)15(21)19-9-8-17(2,11-19)16(22)23/h3-7,10H,8-9,11H2,1-2H3,(H,22,23)/t17-/m0/s1. The van der Waals surface area contributed by atoms with Crippen LogP contribution < -0.4 is 0 Å². The number of nitrogens with zero attached hydrogens (tertiary/aromatic N) is 3. The maximum Gasteiger partial charge on any atom is 0.311 e. The number of benzene rings is 1. The van der Waals surface area contributed by atoms with E-state index in [0.717, 1.165) is 5.69 Å². The first kappa shape index (κ1) is 15.3. The van der Waals surface area contributed by atoms with Crippen molar-refractivity contribution in [3.63, 3.8) is 0 Å². The lowest BCUT2D eigenvalue weighted by atomic mass is 9.90. The molecule has 2 aromatic rings. The van der Waals surface area contributed by atoms with Crippen molar-refractivity contribution in [1.29, 1.82) is 0 Å². The van der Waals surface area contributed by atoms with Crippen molar-refractivity contribution < 1.29 is 14.7 Å². The van der Waals surface area contributed by atoms with Gasteiger partial charge in [-0.1, -0.05) is 18.2 Å². The van der Waals surface area contributed by atoms with Crippen LogP contribution in [0.4, 0.5) is 0 Å². The number of carboxylic acids is 1. The Morgan fingerprint density at radius 2 is 1.96 bits per heavy atom. The molecule has 1 aromatic heterocycles. The van der Waals surface area contributed by atoms with Crippen LogP contribution in [0.25, 0.3) is 5.69 Å². The van der Waals surface area contributed by atoms with E-state index >= 15 is 0 Å². The first-order chi connectivity index (χ1) is 10.9. The molecule has 6 heteroatoms. The van der Waals surface area contributed by atoms with E-state index < -0.39 is 11.4 Å². The molecule has 0 aliphatic carbocycles. The summed E-state index contributed by atoms with van der Waals surface area (Å²) in [5.74, 6) is -1.01. The van der Waals surface area contributed by atoms with Crippen molar-refractivity contribution in [3.05, 3.63) is 47.8 Å². The van der Waals surface area contributed by atoms with E-state index in [1.165, 1.54) is 0 Å². The number of amides is 1. The third-order valence-corrected chi connectivity index (χ3v) is 4.43. The SMILES string of the molecule is Cc1nn(-c2ccccc2)cc1C(=O)N1CC[C@](C)(C(=O)O)C1. The van der Waals surface area contributed by atoms with Gasteiger partial charge < -0.3 is 10.0 Å². The second kappa shape index (κ2) is 5.53. The Kier molecular flexibility index (Phi) is 3.67. The Morgan fingerprint density at radius 3 is 2.57 bits per heavy atom. The number of hydrogen-bond donors (Lipinski definition) is 1. The van der Waals surface area contributed by atoms with Crippen molar-refractivity contribution in [3.8, 4) is 5.69 Å². The van der Waals surface area contributed by atoms with Gasteiger partial charge in [-0.25, -0.2) is 4.68 Å². The van der Waals surface area contributed by atoms with Crippen molar-refractivity contribution in [2.45, 2.75) is 20.3 Å². The molecule has 120 valence electrons. The third-order valence-electron chi connectivity index (χ3n) is 4.43. The summed E-state index contributed by atoms with van der Waals surface area (Å²) in [6.07, 6.45) is 2.18. The summed E-state index contributed by atoms with van der Waals surface area (Å²) in [7, 11) is 0. The Bertz CT molecular complexity index is 754. The molecule has 0 unspecified atom stereocenters. The van der Waals surface area contributed by atoms with Gasteiger partial charge in [-0.05, 0) is 32.4 Å². The Balaban J connectivity index is 1.84. The lowest BCUT2D eigenvalue weighted by Gasteiger charge is -2.19. The number of aliphatic carboxylic acids is 1. The number of likely N-dealkylation sites (tertiary alicyclic amines) is 1. The van der Waals surface area contributed by atoms with Crippen LogP contribution in [-0.4, -0.2) is 44.8 Å². The van der Waals surface area contributed by atoms with E-state index in [1.54, 1.807) is 29.6 Å². The second-order valence-corrected chi connectivity index (χ2v) is 6.25. The fourth-order valence-electron chi connectivity index (χ4n) is 2.86. The van der Waals surface area contributed by atoms with Gasteiger partial charge in [-0.15, -0.1) is 0 Å². The molecular weight excluding hydrogens is 294 g/mol. The molecular formula is C17H19N3O3. The van der Waals surface area contributed by atoms with Gasteiger partial charge in [-0.2, -0.15) is 5.10 Å². The van der Waals surface area contributed by atoms with Crippen molar-refractivity contribution >= 4 is 11.9 Å². The molecule has 1 atom stereocenters. The topological polar surface area (TPSA) is 75.4 Å². The van der Waals surface area contributed by atoms with Crippen LogP contribution in [0, 0.1) is 12.3 Å². The summed E-state index contributed by atoms with van der Waals surface area (Å²) in [6.45, 7) is 4.16. The highest BCUT2D eigenvalue weighted by Crippen LogP contribution is 2.31. The highest BCUT2D eigenvalue weighted by atomic mass is 16.4. The van der Waals surface area contributed by atoms with Crippen LogP contribution in [-0.2, 0) is 4.79 Å². The number of rotatable bonds is 3. The maximum absolute atomic E-state index is 12.7. The highest BCUT2D eigenvalue weighted by molar-refractivity contribution is 5.96. The van der Waals surface area contributed by atoms with Gasteiger partial charge >= 0.3 is 5.97 Å². The van der Waals surface area contributed by atoms with Gasteiger partial charge in [-0.3, -0.25) is 9.59 Å². The van der Waals surface area contributed by atoms with Gasteiger partial charge in [0.05, 0.1) is 22.4 Å². The lowest BCUT2D eigenvalue weighted by molar-refractivity contribution is -0.147. The summed E-state index contributed by atoms with van der Waals surface area (Å²) in [5, 5.41) is 13.7. The molecule has 0 spiro atoms. The third kappa shape index (κ3) is 2.72. The predicted octanol–water partition coefficient (Wildman–Crippen LogP) is 2.12. The van der Waals surface area contributed by atoms with Crippen LogP contribution in [0.3, 0.4) is 0 Å². The first-order valence-electron chi connectivity index (χ1n) is 7.55. The number of carboxylic acid groups (broad SMARTS) is 1. The highest BCUT2D eigenvalue weighted by Gasteiger charge is 2.42. The zero-order valence-corrected chi connectivity index (χ0v) is 13.2. The summed E-state index contributed by atoms with van der Waals surface area (Å²) >= 11 is 0. The van der Waals surface area contributed by atoms with E-state index in [9.17, 15) is 14.7 Å². The summed E-state index contributed by atoms with van der Waals surface area (Å²) in [5.41, 5.74) is 1.18. The van der Waals surface area contributed by atoms with Gasteiger partial charge in [0.25, 0.3) is 5.91 Å². The number of carbonyl (C=O) groups excluding carboxylic acids is 1. The fraction of sp³-hybridized carbons (Fsp3) is 0.353. The number of aryl methyl sites for hydroxylation is 1. The quantitative estimate of drug-likeness (QED) is 0.942. The van der Waals surface area contributed by atoms with Crippen molar-refractivity contribution in [2.75, 3.05) is 13.1 Å². The Morgan fingerprint density at radius 1 is 1.26 bits per heavy atom. The summed E-state index contributed by atoms with van der Waals surface area (Å²) in [4.78, 5) is 25.6. The molecule has 23 heavy (non-hydrogen) atoms. The first-order valence-corrected chi connectivity index (χ1v) is 7.55. The van der Waals surface area contributed by atoms with Gasteiger partial charge in [0.1, 0.15) is 0 Å². The largest absolute Gasteiger partial charge is 0.481 e. The minimum atomic E-state index is -0.862. The smallest absolute Gasteiger partial charge is 0.311 e. The van der Waals surface area contributed by atoms with Crippen LogP contribution in [0.1, 0.15) is 29.4 Å². The molecule has 2 heterocycles. The number of aromatic nitrogens is 2. The van der Waals surface area contributed by atoms with Gasteiger partial charge in [0, 0.05) is 19.3 Å². The van der Waals surface area contributed by atoms with E-state index in [2.05, 4.69) is 5.10 Å². The monoisotopic (exact) mass is 313 g/mol. The molecule has 0 bridgehead atoms. The average molecular weight is 313 g/mol. The van der Waals surface area contributed by atoms with Gasteiger partial charge in [0.15, 0.2) is 0 Å². The minimum Gasteiger partial charge on any atom is -0.481 e. The maximum atomic E-state index is 12.7. The molecule has 1 aliphatic heterocycles. The van der Waals surface area contributed by atoms with E-state index in [0.29, 0.717) is 24.2 Å². The molecule has 1 saturated heterocycles. The number of hydrogen-bond acceptors (Lipinski definition) is 3. The van der Waals surface area contributed by atoms with Crippen molar-refractivity contribution in [1.82, 2.24) is 14.7 Å². The summed E-state index contributed by atoms with van der Waals surface area (Å²) in [6, 6.07) is 9.57. The van der Waals surface area contributed by atoms with Crippen LogP contribution >= 0.6 is 0 Å². The molecule has 3 rings (SSSR count). The second-order valence-electron chi connectivity index (χ2n) is 6.25. The average Bonchev–Trinajstić information content (AvgIpc) is 3.12. The zero-order valence-electron chi connectivity index (χ0n) is 13.2. The molecule has 1 amide bonds. The van der Waals surface area contributed by atoms with Crippen LogP contribution in [0.15, 0.2) is 36.5 Å². The van der Waals surface area contributed by atoms with Crippen molar-refractivity contribution in [2.24, 2.45) is 5.41 Å². The lowest BCUT2D eigenvalue weighted by Crippen LogP contribution is -2.35. The minimum absolute atomic E-state index is 0.158. The molecule has 0 radical (unpaired) electrons. The molecule has 1 aromatic carbocycles. The number of para-hydroxylation sites is 1. The molecule has 6 nitrogen and oxygen atoms in total. The molecule has 1 N–H and O–H groups in total. The van der Waals surface area contributed by atoms with Crippen LogP contribution in [0.5, 0.6) is 0 Å². The van der Waals surface area contributed by atoms with Crippen LogP contribution in [0.2, 0.25) is 0 Å². The fourth-order valence-corrected chi connectivity index (χ4v) is 2.86. The Hall–Kier alpha value is -2.63. The molecule has 0 saturated carbocycles.